The first-order chi connectivity index (χ1) is 13.1. The van der Waals surface area contributed by atoms with Gasteiger partial charge in [-0.05, 0) is 43.4 Å². The molecule has 0 spiro atoms. The molecule has 0 amide bonds. The summed E-state index contributed by atoms with van der Waals surface area (Å²) in [5.41, 5.74) is 2.13. The SMILES string of the molecule is Oc1[nH]c2c(Cl)cc(Cl)cc2c1N=Nc1ncnc2sc3c(c12)CCCC3. The monoisotopic (exact) mass is 417 g/mol. The van der Waals surface area contributed by atoms with Crippen molar-refractivity contribution >= 4 is 67.2 Å². The summed E-state index contributed by atoms with van der Waals surface area (Å²) in [5.74, 6) is 0.400. The number of aromatic amines is 1. The molecule has 1 aliphatic rings. The third-order valence-electron chi connectivity index (χ3n) is 4.75. The van der Waals surface area contributed by atoms with Gasteiger partial charge in [-0.3, -0.25) is 0 Å². The Morgan fingerprint density at radius 2 is 1.96 bits per heavy atom. The minimum Gasteiger partial charge on any atom is -0.493 e. The van der Waals surface area contributed by atoms with Crippen molar-refractivity contribution in [3.63, 3.8) is 0 Å². The van der Waals surface area contributed by atoms with E-state index in [1.54, 1.807) is 23.5 Å². The van der Waals surface area contributed by atoms with E-state index in [0.717, 1.165) is 29.5 Å². The molecule has 1 aliphatic carbocycles. The number of hydrogen-bond donors (Lipinski definition) is 2. The Morgan fingerprint density at radius 1 is 1.11 bits per heavy atom. The van der Waals surface area contributed by atoms with Gasteiger partial charge in [0.25, 0.3) is 0 Å². The number of benzene rings is 1. The second-order valence-corrected chi connectivity index (χ2v) is 8.35. The molecule has 3 aromatic heterocycles. The second-order valence-electron chi connectivity index (χ2n) is 6.42. The highest BCUT2D eigenvalue weighted by molar-refractivity contribution is 7.18. The Kier molecular flexibility index (Phi) is 4.03. The van der Waals surface area contributed by atoms with Crippen LogP contribution < -0.4 is 0 Å². The van der Waals surface area contributed by atoms with Crippen LogP contribution in [-0.2, 0) is 12.8 Å². The second kappa shape index (κ2) is 6.44. The van der Waals surface area contributed by atoms with Gasteiger partial charge >= 0.3 is 0 Å². The van der Waals surface area contributed by atoms with Crippen LogP contribution in [0, 0.1) is 0 Å². The average molecular weight is 418 g/mol. The number of nitrogens with zero attached hydrogens (tertiary/aromatic N) is 4. The van der Waals surface area contributed by atoms with E-state index in [4.69, 9.17) is 23.2 Å². The normalized spacial score (nSPS) is 14.4. The van der Waals surface area contributed by atoms with Gasteiger partial charge in [-0.15, -0.1) is 21.6 Å². The van der Waals surface area contributed by atoms with Crippen molar-refractivity contribution in [3.8, 4) is 5.88 Å². The van der Waals surface area contributed by atoms with Crippen molar-refractivity contribution in [2.45, 2.75) is 25.7 Å². The van der Waals surface area contributed by atoms with Crippen LogP contribution >= 0.6 is 34.5 Å². The molecule has 136 valence electrons. The summed E-state index contributed by atoms with van der Waals surface area (Å²) in [5, 5.41) is 21.3. The number of H-pyrrole nitrogens is 1. The molecule has 9 heteroatoms. The quantitative estimate of drug-likeness (QED) is 0.365. The number of halogens is 2. The lowest BCUT2D eigenvalue weighted by atomic mass is 9.97. The fraction of sp³-hybridized carbons (Fsp3) is 0.222. The Labute approximate surface area is 167 Å². The zero-order valence-corrected chi connectivity index (χ0v) is 16.3. The summed E-state index contributed by atoms with van der Waals surface area (Å²) in [6.45, 7) is 0. The van der Waals surface area contributed by atoms with Gasteiger partial charge in [-0.2, -0.15) is 0 Å². The Bertz CT molecular complexity index is 1230. The molecule has 1 aromatic carbocycles. The molecule has 6 nitrogen and oxygen atoms in total. The molecule has 3 heterocycles. The zero-order chi connectivity index (χ0) is 18.5. The zero-order valence-electron chi connectivity index (χ0n) is 14.0. The summed E-state index contributed by atoms with van der Waals surface area (Å²) >= 11 is 14.0. The molecule has 5 rings (SSSR count). The minimum absolute atomic E-state index is 0.115. The molecule has 0 bridgehead atoms. The van der Waals surface area contributed by atoms with Crippen molar-refractivity contribution in [2.75, 3.05) is 0 Å². The summed E-state index contributed by atoms with van der Waals surface area (Å²) < 4.78 is 0. The van der Waals surface area contributed by atoms with E-state index >= 15 is 0 Å². The van der Waals surface area contributed by atoms with E-state index in [1.165, 1.54) is 23.2 Å². The molecule has 0 saturated carbocycles. The van der Waals surface area contributed by atoms with Crippen LogP contribution in [-0.4, -0.2) is 20.1 Å². The Morgan fingerprint density at radius 3 is 2.85 bits per heavy atom. The van der Waals surface area contributed by atoms with Crippen LogP contribution in [0.2, 0.25) is 10.0 Å². The molecule has 0 fully saturated rings. The molecular formula is C18H13Cl2N5OS. The van der Waals surface area contributed by atoms with Crippen LogP contribution in [0.4, 0.5) is 11.5 Å². The van der Waals surface area contributed by atoms with Crippen LogP contribution in [0.3, 0.4) is 0 Å². The smallest absolute Gasteiger partial charge is 0.218 e. The Balaban J connectivity index is 1.66. The van der Waals surface area contributed by atoms with E-state index in [-0.39, 0.29) is 11.6 Å². The maximum Gasteiger partial charge on any atom is 0.218 e. The molecule has 0 unspecified atom stereocenters. The number of aromatic nitrogens is 3. The largest absolute Gasteiger partial charge is 0.493 e. The predicted molar refractivity (Wildman–Crippen MR) is 108 cm³/mol. The standard InChI is InChI=1S/C18H13Cl2N5OS/c19-8-5-10-14(11(20)6-8)23-17(26)15(10)24-25-16-13-9-3-1-2-4-12(9)27-18(13)22-7-21-16/h5-7,23,26H,1-4H2. The lowest BCUT2D eigenvalue weighted by Gasteiger charge is -2.10. The number of nitrogens with one attached hydrogen (secondary N) is 1. The number of aryl methyl sites for hydroxylation is 2. The molecule has 4 aromatic rings. The number of hydrogen-bond acceptors (Lipinski definition) is 6. The average Bonchev–Trinajstić information content (AvgIpc) is 3.18. The molecule has 0 aliphatic heterocycles. The van der Waals surface area contributed by atoms with Gasteiger partial charge in [-0.25, -0.2) is 9.97 Å². The van der Waals surface area contributed by atoms with Crippen molar-refractivity contribution in [1.29, 1.82) is 0 Å². The first-order valence-corrected chi connectivity index (χ1v) is 10.1. The highest BCUT2D eigenvalue weighted by Crippen LogP contribution is 2.42. The topological polar surface area (TPSA) is 86.5 Å². The summed E-state index contributed by atoms with van der Waals surface area (Å²) in [4.78, 5) is 13.8. The van der Waals surface area contributed by atoms with Crippen LogP contribution in [0.5, 0.6) is 5.88 Å². The van der Waals surface area contributed by atoms with Gasteiger partial charge in [0.2, 0.25) is 5.88 Å². The number of azo groups is 1. The van der Waals surface area contributed by atoms with Gasteiger partial charge < -0.3 is 10.1 Å². The molecule has 0 saturated heterocycles. The number of aromatic hydroxyl groups is 1. The molecule has 2 N–H and O–H groups in total. The fourth-order valence-electron chi connectivity index (χ4n) is 3.54. The Hall–Kier alpha value is -2.22. The van der Waals surface area contributed by atoms with E-state index in [0.29, 0.717) is 26.8 Å². The number of thiophene rings is 1. The van der Waals surface area contributed by atoms with Crippen molar-refractivity contribution in [3.05, 3.63) is 38.9 Å². The van der Waals surface area contributed by atoms with E-state index in [1.807, 2.05) is 0 Å². The number of rotatable bonds is 2. The molecule has 27 heavy (non-hydrogen) atoms. The first-order valence-electron chi connectivity index (χ1n) is 8.48. The third-order valence-corrected chi connectivity index (χ3v) is 6.47. The van der Waals surface area contributed by atoms with Crippen LogP contribution in [0.15, 0.2) is 28.7 Å². The van der Waals surface area contributed by atoms with Crippen molar-refractivity contribution in [2.24, 2.45) is 10.2 Å². The summed E-state index contributed by atoms with van der Waals surface area (Å²) in [6.07, 6.45) is 5.95. The molecule has 0 radical (unpaired) electrons. The first kappa shape index (κ1) is 16.9. The lowest BCUT2D eigenvalue weighted by molar-refractivity contribution is 0.459. The van der Waals surface area contributed by atoms with Crippen molar-refractivity contribution < 1.29 is 5.11 Å². The maximum absolute atomic E-state index is 10.3. The molecule has 0 atom stereocenters. The third kappa shape index (κ3) is 2.77. The van der Waals surface area contributed by atoms with Gasteiger partial charge in [0.1, 0.15) is 11.2 Å². The van der Waals surface area contributed by atoms with Crippen LogP contribution in [0.25, 0.3) is 21.1 Å². The van der Waals surface area contributed by atoms with Gasteiger partial charge in [0.15, 0.2) is 11.5 Å². The van der Waals surface area contributed by atoms with E-state index < -0.39 is 0 Å². The maximum atomic E-state index is 10.3. The predicted octanol–water partition coefficient (Wildman–Crippen LogP) is 6.48. The van der Waals surface area contributed by atoms with E-state index in [9.17, 15) is 5.11 Å². The highest BCUT2D eigenvalue weighted by atomic mass is 35.5. The van der Waals surface area contributed by atoms with Gasteiger partial charge in [-0.1, -0.05) is 23.2 Å². The fourth-order valence-corrected chi connectivity index (χ4v) is 5.30. The molecular weight excluding hydrogens is 405 g/mol. The van der Waals surface area contributed by atoms with Crippen molar-refractivity contribution in [1.82, 2.24) is 15.0 Å². The summed E-state index contributed by atoms with van der Waals surface area (Å²) in [7, 11) is 0. The van der Waals surface area contributed by atoms with Gasteiger partial charge in [0, 0.05) is 15.3 Å². The minimum atomic E-state index is -0.115. The highest BCUT2D eigenvalue weighted by Gasteiger charge is 2.20. The van der Waals surface area contributed by atoms with Gasteiger partial charge in [0.05, 0.1) is 15.9 Å². The van der Waals surface area contributed by atoms with E-state index in [2.05, 4.69) is 25.2 Å². The lowest BCUT2D eigenvalue weighted by Crippen LogP contribution is -1.98. The number of fused-ring (bicyclic) bond motifs is 4. The van der Waals surface area contributed by atoms with Crippen LogP contribution in [0.1, 0.15) is 23.3 Å². The summed E-state index contributed by atoms with van der Waals surface area (Å²) in [6, 6.07) is 3.29.